The molecule has 1 aromatic rings. The third-order valence-corrected chi connectivity index (χ3v) is 5.42. The van der Waals surface area contributed by atoms with Gasteiger partial charge in [-0.15, -0.1) is 0 Å². The van der Waals surface area contributed by atoms with E-state index in [1.807, 2.05) is 43.1 Å². The van der Waals surface area contributed by atoms with Gasteiger partial charge in [-0.05, 0) is 63.4 Å². The summed E-state index contributed by atoms with van der Waals surface area (Å²) in [6, 6.07) is 7.67. The molecular weight excluding hydrogens is 328 g/mol. The number of piperidine rings is 1. The highest BCUT2D eigenvalue weighted by atomic mass is 16.2. The van der Waals surface area contributed by atoms with Crippen LogP contribution >= 0.6 is 0 Å². The minimum atomic E-state index is -0.109. The molecule has 2 heterocycles. The Morgan fingerprint density at radius 2 is 2.00 bits per heavy atom. The van der Waals surface area contributed by atoms with Gasteiger partial charge in [-0.3, -0.25) is 4.79 Å². The van der Waals surface area contributed by atoms with E-state index in [4.69, 9.17) is 0 Å². The zero-order chi connectivity index (χ0) is 18.5. The molecule has 0 radical (unpaired) electrons. The highest BCUT2D eigenvalue weighted by molar-refractivity contribution is 5.90. The van der Waals surface area contributed by atoms with E-state index in [1.165, 1.54) is 0 Å². The minimum absolute atomic E-state index is 0.0691. The van der Waals surface area contributed by atoms with Crippen molar-refractivity contribution in [1.82, 2.24) is 15.1 Å². The predicted octanol–water partition coefficient (Wildman–Crippen LogP) is 2.31. The lowest BCUT2D eigenvalue weighted by Crippen LogP contribution is -2.47. The lowest BCUT2D eigenvalue weighted by atomic mass is 9.97. The van der Waals surface area contributed by atoms with E-state index < -0.39 is 0 Å². The molecule has 2 aliphatic rings. The van der Waals surface area contributed by atoms with Crippen molar-refractivity contribution in [3.05, 3.63) is 29.8 Å². The molecule has 2 atom stereocenters. The Balaban J connectivity index is 1.55. The first-order chi connectivity index (χ1) is 12.6. The molecule has 2 aliphatic heterocycles. The van der Waals surface area contributed by atoms with Crippen LogP contribution in [0.15, 0.2) is 24.3 Å². The number of carbonyl (C=O) groups excluding carboxylic acids is 2. The largest absolute Gasteiger partial charge is 0.342 e. The van der Waals surface area contributed by atoms with E-state index in [1.54, 1.807) is 4.90 Å². The molecule has 1 aromatic carbocycles. The Morgan fingerprint density at radius 3 is 2.77 bits per heavy atom. The summed E-state index contributed by atoms with van der Waals surface area (Å²) in [6.45, 7) is 5.87. The molecule has 0 aliphatic carbocycles. The average molecular weight is 358 g/mol. The lowest BCUT2D eigenvalue weighted by molar-refractivity contribution is -0.135. The zero-order valence-electron chi connectivity index (χ0n) is 15.8. The van der Waals surface area contributed by atoms with Crippen molar-refractivity contribution in [2.24, 2.45) is 11.8 Å². The van der Waals surface area contributed by atoms with Gasteiger partial charge in [0.2, 0.25) is 5.91 Å². The van der Waals surface area contributed by atoms with Crippen LogP contribution in [0.3, 0.4) is 0 Å². The van der Waals surface area contributed by atoms with Crippen LogP contribution in [0.2, 0.25) is 0 Å². The van der Waals surface area contributed by atoms with Gasteiger partial charge >= 0.3 is 6.03 Å². The van der Waals surface area contributed by atoms with Crippen molar-refractivity contribution in [2.45, 2.75) is 26.2 Å². The molecule has 6 nitrogen and oxygen atoms in total. The summed E-state index contributed by atoms with van der Waals surface area (Å²) in [6.07, 6.45) is 2.82. The second-order valence-electron chi connectivity index (χ2n) is 7.58. The molecule has 0 aromatic heterocycles. The van der Waals surface area contributed by atoms with Crippen LogP contribution < -0.4 is 10.6 Å². The number of hydrogen-bond donors (Lipinski definition) is 2. The summed E-state index contributed by atoms with van der Waals surface area (Å²) < 4.78 is 0. The molecule has 2 saturated heterocycles. The summed E-state index contributed by atoms with van der Waals surface area (Å²) in [4.78, 5) is 29.2. The minimum Gasteiger partial charge on any atom is -0.342 e. The number of urea groups is 1. The smallest absolute Gasteiger partial charge is 0.321 e. The Kier molecular flexibility index (Phi) is 6.14. The van der Waals surface area contributed by atoms with Crippen LogP contribution in [-0.4, -0.2) is 61.5 Å². The third-order valence-electron chi connectivity index (χ3n) is 5.42. The number of rotatable bonds is 4. The Morgan fingerprint density at radius 1 is 1.15 bits per heavy atom. The van der Waals surface area contributed by atoms with Gasteiger partial charge < -0.3 is 20.4 Å². The maximum atomic E-state index is 12.9. The van der Waals surface area contributed by atoms with Gasteiger partial charge in [-0.2, -0.15) is 0 Å². The Bertz CT molecular complexity index is 648. The zero-order valence-corrected chi connectivity index (χ0v) is 15.8. The van der Waals surface area contributed by atoms with Gasteiger partial charge in [0, 0.05) is 31.9 Å². The molecule has 26 heavy (non-hydrogen) atoms. The third kappa shape index (κ3) is 4.55. The number of amides is 3. The van der Waals surface area contributed by atoms with Gasteiger partial charge in [-0.1, -0.05) is 12.1 Å². The van der Waals surface area contributed by atoms with Gasteiger partial charge in [0.1, 0.15) is 0 Å². The fourth-order valence-electron chi connectivity index (χ4n) is 4.03. The van der Waals surface area contributed by atoms with Crippen LogP contribution in [0, 0.1) is 18.8 Å². The number of likely N-dealkylation sites (tertiary alicyclic amines) is 2. The molecule has 2 N–H and O–H groups in total. The standard InChI is InChI=1S/C20H30N4O2/c1-15-5-3-7-18(11-15)22-20(26)24-9-4-6-17(14-24)19(25)23-10-8-16(13-23)12-21-2/h3,5,7,11,16-17,21H,4,6,8-10,12-14H2,1-2H3,(H,22,26). The molecular formula is C20H30N4O2. The van der Waals surface area contributed by atoms with Crippen LogP contribution in [-0.2, 0) is 4.79 Å². The fraction of sp³-hybridized carbons (Fsp3) is 0.600. The average Bonchev–Trinajstić information content (AvgIpc) is 3.10. The van der Waals surface area contributed by atoms with Crippen molar-refractivity contribution < 1.29 is 9.59 Å². The molecule has 3 amide bonds. The van der Waals surface area contributed by atoms with Gasteiger partial charge in [0.25, 0.3) is 0 Å². The van der Waals surface area contributed by atoms with Crippen molar-refractivity contribution >= 4 is 17.6 Å². The topological polar surface area (TPSA) is 64.7 Å². The van der Waals surface area contributed by atoms with Crippen molar-refractivity contribution in [1.29, 1.82) is 0 Å². The summed E-state index contributed by atoms with van der Waals surface area (Å²) in [7, 11) is 1.95. The van der Waals surface area contributed by atoms with E-state index in [0.29, 0.717) is 19.0 Å². The summed E-state index contributed by atoms with van der Waals surface area (Å²) >= 11 is 0. The van der Waals surface area contributed by atoms with E-state index >= 15 is 0 Å². The van der Waals surface area contributed by atoms with Crippen molar-refractivity contribution in [2.75, 3.05) is 45.1 Å². The van der Waals surface area contributed by atoms with Crippen LogP contribution in [0.25, 0.3) is 0 Å². The number of nitrogens with zero attached hydrogens (tertiary/aromatic N) is 2. The molecule has 0 bridgehead atoms. The quantitative estimate of drug-likeness (QED) is 0.868. The SMILES string of the molecule is CNCC1CCN(C(=O)C2CCCN(C(=O)Nc3cccc(C)c3)C2)C1. The first-order valence-corrected chi connectivity index (χ1v) is 9.63. The number of nitrogens with one attached hydrogen (secondary N) is 2. The van der Waals surface area contributed by atoms with E-state index in [0.717, 1.165) is 50.1 Å². The maximum absolute atomic E-state index is 12.9. The second kappa shape index (κ2) is 8.54. The van der Waals surface area contributed by atoms with Gasteiger partial charge in [-0.25, -0.2) is 4.79 Å². The molecule has 2 unspecified atom stereocenters. The second-order valence-corrected chi connectivity index (χ2v) is 7.58. The van der Waals surface area contributed by atoms with E-state index in [9.17, 15) is 9.59 Å². The number of aryl methyl sites for hydroxylation is 1. The first-order valence-electron chi connectivity index (χ1n) is 9.63. The van der Waals surface area contributed by atoms with E-state index in [-0.39, 0.29) is 17.9 Å². The van der Waals surface area contributed by atoms with E-state index in [2.05, 4.69) is 10.6 Å². The molecule has 0 spiro atoms. The Labute approximate surface area is 155 Å². The summed E-state index contributed by atoms with van der Waals surface area (Å²) in [5, 5.41) is 6.16. The van der Waals surface area contributed by atoms with Gasteiger partial charge in [0.05, 0.1) is 5.92 Å². The molecule has 2 fully saturated rings. The number of benzene rings is 1. The highest BCUT2D eigenvalue weighted by Gasteiger charge is 2.34. The monoisotopic (exact) mass is 358 g/mol. The lowest BCUT2D eigenvalue weighted by Gasteiger charge is -2.34. The first kappa shape index (κ1) is 18.7. The molecule has 3 rings (SSSR count). The van der Waals surface area contributed by atoms with Crippen LogP contribution in [0.5, 0.6) is 0 Å². The molecule has 6 heteroatoms. The van der Waals surface area contributed by atoms with Gasteiger partial charge in [0.15, 0.2) is 0 Å². The number of hydrogen-bond acceptors (Lipinski definition) is 3. The molecule has 0 saturated carbocycles. The fourth-order valence-corrected chi connectivity index (χ4v) is 4.03. The summed E-state index contributed by atoms with van der Waals surface area (Å²) in [5.41, 5.74) is 1.91. The summed E-state index contributed by atoms with van der Waals surface area (Å²) in [5.74, 6) is 0.699. The maximum Gasteiger partial charge on any atom is 0.321 e. The Hall–Kier alpha value is -2.08. The van der Waals surface area contributed by atoms with Crippen molar-refractivity contribution in [3.63, 3.8) is 0 Å². The predicted molar refractivity (Wildman–Crippen MR) is 103 cm³/mol. The normalized spacial score (nSPS) is 23.2. The molecule has 142 valence electrons. The van der Waals surface area contributed by atoms with Crippen LogP contribution in [0.1, 0.15) is 24.8 Å². The number of anilines is 1. The highest BCUT2D eigenvalue weighted by Crippen LogP contribution is 2.24. The number of carbonyl (C=O) groups is 2. The van der Waals surface area contributed by atoms with Crippen molar-refractivity contribution in [3.8, 4) is 0 Å². The van der Waals surface area contributed by atoms with Crippen LogP contribution in [0.4, 0.5) is 10.5 Å².